The first-order valence-electron chi connectivity index (χ1n) is 9.70. The topological polar surface area (TPSA) is 76.5 Å². The number of benzene rings is 1. The molecule has 3 rings (SSSR count). The molecule has 32 heavy (non-hydrogen) atoms. The molecule has 1 aliphatic heterocycles. The number of amides is 1. The van der Waals surface area contributed by atoms with Gasteiger partial charge in [0.25, 0.3) is 0 Å². The molecule has 1 aliphatic rings. The van der Waals surface area contributed by atoms with E-state index < -0.39 is 21.9 Å². The molecule has 1 N–H and O–H groups in total. The summed E-state index contributed by atoms with van der Waals surface area (Å²) >= 11 is 1.28. The van der Waals surface area contributed by atoms with E-state index in [-0.39, 0.29) is 36.1 Å². The van der Waals surface area contributed by atoms with Crippen LogP contribution in [-0.2, 0) is 10.3 Å². The van der Waals surface area contributed by atoms with Crippen LogP contribution in [0.4, 0.5) is 8.78 Å². The third-order valence-electron chi connectivity index (χ3n) is 5.08. The number of hydrogen-bond acceptors (Lipinski definition) is 6. The molecule has 0 spiro atoms. The molecule has 9 heteroatoms. The Morgan fingerprint density at radius 1 is 1.38 bits per heavy atom. The van der Waals surface area contributed by atoms with E-state index >= 15 is 0 Å². The Balaban J connectivity index is 1.90. The van der Waals surface area contributed by atoms with Crippen LogP contribution >= 0.6 is 11.8 Å². The molecule has 6 nitrogen and oxygen atoms in total. The second kappa shape index (κ2) is 9.49. The number of rotatable bonds is 6. The van der Waals surface area contributed by atoms with E-state index in [1.165, 1.54) is 48.4 Å². The van der Waals surface area contributed by atoms with Crippen molar-refractivity contribution in [3.8, 4) is 18.2 Å². The number of carbonyl (C=O) groups excluding carboxylic acids is 1. The van der Waals surface area contributed by atoms with Crippen molar-refractivity contribution < 1.29 is 18.3 Å². The minimum atomic E-state index is -0.993. The number of nitrogens with zero attached hydrogens (tertiary/aromatic N) is 3. The highest BCUT2D eigenvalue weighted by molar-refractivity contribution is 8.13. The van der Waals surface area contributed by atoms with Crippen LogP contribution in [0.25, 0.3) is 11.9 Å². The van der Waals surface area contributed by atoms with Crippen molar-refractivity contribution in [2.45, 2.75) is 30.6 Å². The fraction of sp³-hybridized carbons (Fsp3) is 0.304. The molecule has 0 saturated heterocycles. The number of aliphatic imine (C=N–C) groups is 1. The van der Waals surface area contributed by atoms with Crippen LogP contribution in [0.1, 0.15) is 37.1 Å². The third kappa shape index (κ3) is 4.97. The second-order valence-corrected chi connectivity index (χ2v) is 8.92. The van der Waals surface area contributed by atoms with Gasteiger partial charge in [0.1, 0.15) is 11.5 Å². The van der Waals surface area contributed by atoms with Crippen molar-refractivity contribution in [2.75, 3.05) is 13.7 Å². The smallest absolute Gasteiger partial charge is 0.236 e. The van der Waals surface area contributed by atoms with Crippen molar-refractivity contribution in [1.82, 2.24) is 15.3 Å². The summed E-state index contributed by atoms with van der Waals surface area (Å²) in [6.45, 7) is 3.58. The zero-order valence-corrected chi connectivity index (χ0v) is 18.7. The van der Waals surface area contributed by atoms with Gasteiger partial charge in [-0.3, -0.25) is 9.79 Å². The summed E-state index contributed by atoms with van der Waals surface area (Å²) in [6.07, 6.45) is 9.12. The average Bonchev–Trinajstić information content (AvgIpc) is 2.78. The first kappa shape index (κ1) is 23.4. The highest BCUT2D eigenvalue weighted by Crippen LogP contribution is 2.45. The molecule has 0 saturated carbocycles. The quantitative estimate of drug-likeness (QED) is 0.666. The zero-order chi connectivity index (χ0) is 23.4. The summed E-state index contributed by atoms with van der Waals surface area (Å²) in [5.74, 6) is 1.18. The van der Waals surface area contributed by atoms with Crippen molar-refractivity contribution in [3.05, 3.63) is 53.2 Å². The van der Waals surface area contributed by atoms with Gasteiger partial charge in [-0.15, -0.1) is 6.42 Å². The fourth-order valence-electron chi connectivity index (χ4n) is 3.46. The molecule has 2 heterocycles. The highest BCUT2D eigenvalue weighted by Gasteiger charge is 2.45. The molecular weight excluding hydrogens is 434 g/mol. The van der Waals surface area contributed by atoms with Crippen LogP contribution in [0.15, 0.2) is 35.6 Å². The summed E-state index contributed by atoms with van der Waals surface area (Å²) in [7, 11) is 1.56. The van der Waals surface area contributed by atoms with E-state index in [1.807, 2.05) is 0 Å². The molecule has 2 unspecified atom stereocenters. The molecule has 1 amide bonds. The van der Waals surface area contributed by atoms with Crippen molar-refractivity contribution in [2.24, 2.45) is 4.99 Å². The number of halogens is 2. The molecule has 1 aromatic heterocycles. The fourth-order valence-corrected chi connectivity index (χ4v) is 4.55. The Kier molecular flexibility index (Phi) is 6.94. The Bertz CT molecular complexity index is 1110. The second-order valence-electron chi connectivity index (χ2n) is 7.58. The number of aromatic nitrogens is 2. The lowest BCUT2D eigenvalue weighted by molar-refractivity contribution is -0.123. The number of ether oxygens (including phenoxy) is 1. The molecule has 0 fully saturated rings. The van der Waals surface area contributed by atoms with Gasteiger partial charge in [0, 0.05) is 19.0 Å². The molecule has 2 aromatic rings. The lowest BCUT2D eigenvalue weighted by atomic mass is 9.82. The van der Waals surface area contributed by atoms with Gasteiger partial charge in [-0.2, -0.15) is 0 Å². The number of terminal acetylenes is 1. The van der Waals surface area contributed by atoms with Gasteiger partial charge in [0.05, 0.1) is 28.2 Å². The van der Waals surface area contributed by atoms with Crippen molar-refractivity contribution in [1.29, 1.82) is 0 Å². The standard InChI is InChI=1S/C23H22F2N4O2S/c1-5-8-31-20-12-27-19(11-28-20)18(25)10-15-6-7-17(24)16(9-15)22(2)13-23(3,21(30)26-4)32-14-29-22/h1,6-7,9-12,14H,8,13H2,2-4H3,(H,26,30)/b18-10-. The van der Waals surface area contributed by atoms with E-state index in [0.29, 0.717) is 5.56 Å². The highest BCUT2D eigenvalue weighted by atomic mass is 32.2. The molecule has 2 atom stereocenters. The van der Waals surface area contributed by atoms with Gasteiger partial charge in [0.15, 0.2) is 12.4 Å². The Labute approximate surface area is 189 Å². The van der Waals surface area contributed by atoms with Crippen molar-refractivity contribution >= 4 is 35.1 Å². The number of nitrogens with one attached hydrogen (secondary N) is 1. The third-order valence-corrected chi connectivity index (χ3v) is 6.14. The van der Waals surface area contributed by atoms with Crippen LogP contribution in [0, 0.1) is 18.2 Å². The predicted molar refractivity (Wildman–Crippen MR) is 122 cm³/mol. The van der Waals surface area contributed by atoms with Gasteiger partial charge in [-0.25, -0.2) is 18.7 Å². The maximum absolute atomic E-state index is 14.8. The van der Waals surface area contributed by atoms with Gasteiger partial charge in [0.2, 0.25) is 11.8 Å². The van der Waals surface area contributed by atoms with E-state index in [1.54, 1.807) is 26.4 Å². The van der Waals surface area contributed by atoms with E-state index in [9.17, 15) is 13.6 Å². The molecule has 0 aliphatic carbocycles. The Morgan fingerprint density at radius 3 is 2.81 bits per heavy atom. The number of carbonyl (C=O) groups is 1. The first-order chi connectivity index (χ1) is 15.2. The average molecular weight is 457 g/mol. The monoisotopic (exact) mass is 456 g/mol. The Morgan fingerprint density at radius 2 is 2.16 bits per heavy atom. The molecule has 0 bridgehead atoms. The summed E-state index contributed by atoms with van der Waals surface area (Å²) in [4.78, 5) is 24.8. The van der Waals surface area contributed by atoms with E-state index in [4.69, 9.17) is 11.2 Å². The lowest BCUT2D eigenvalue weighted by Crippen LogP contribution is -2.46. The summed E-state index contributed by atoms with van der Waals surface area (Å²) < 4.78 is 33.9. The van der Waals surface area contributed by atoms with Crippen LogP contribution in [-0.4, -0.2) is 39.8 Å². The minimum absolute atomic E-state index is 0.00516. The van der Waals surface area contributed by atoms with Crippen LogP contribution in [0.2, 0.25) is 0 Å². The van der Waals surface area contributed by atoms with Crippen molar-refractivity contribution in [3.63, 3.8) is 0 Å². The van der Waals surface area contributed by atoms with E-state index in [0.717, 1.165) is 0 Å². The maximum Gasteiger partial charge on any atom is 0.236 e. The minimum Gasteiger partial charge on any atom is -0.463 e. The SMILES string of the molecule is C#CCOc1cnc(/C(F)=C/c2ccc(F)c(C3(C)CC(C)(C(=O)NC)SC=N3)c2)cn1. The van der Waals surface area contributed by atoms with Gasteiger partial charge < -0.3 is 10.1 Å². The molecule has 0 radical (unpaired) electrons. The number of thioether (sulfide) groups is 1. The van der Waals surface area contributed by atoms with Gasteiger partial charge in [-0.1, -0.05) is 23.7 Å². The van der Waals surface area contributed by atoms with E-state index in [2.05, 4.69) is 26.2 Å². The largest absolute Gasteiger partial charge is 0.463 e. The normalized spacial score (nSPS) is 22.8. The lowest BCUT2D eigenvalue weighted by Gasteiger charge is -2.38. The van der Waals surface area contributed by atoms with Crippen LogP contribution < -0.4 is 10.1 Å². The van der Waals surface area contributed by atoms with Gasteiger partial charge in [-0.05, 0) is 37.6 Å². The Hall–Kier alpha value is -3.25. The first-order valence-corrected chi connectivity index (χ1v) is 10.6. The van der Waals surface area contributed by atoms with Crippen LogP contribution in [0.3, 0.4) is 0 Å². The summed E-state index contributed by atoms with van der Waals surface area (Å²) in [5.41, 5.74) is 1.27. The van der Waals surface area contributed by atoms with Crippen LogP contribution in [0.5, 0.6) is 5.88 Å². The van der Waals surface area contributed by atoms with Gasteiger partial charge >= 0.3 is 0 Å². The number of hydrogen-bond donors (Lipinski definition) is 1. The zero-order valence-electron chi connectivity index (χ0n) is 17.9. The molecule has 166 valence electrons. The maximum atomic E-state index is 14.8. The molecule has 1 aromatic carbocycles. The molecular formula is C23H22F2N4O2S. The predicted octanol–water partition coefficient (Wildman–Crippen LogP) is 3.98. The summed E-state index contributed by atoms with van der Waals surface area (Å²) in [5, 5.41) is 2.64. The summed E-state index contributed by atoms with van der Waals surface area (Å²) in [6, 6.07) is 4.25.